The van der Waals surface area contributed by atoms with Crippen molar-refractivity contribution in [3.63, 3.8) is 0 Å². The van der Waals surface area contributed by atoms with Crippen LogP contribution in [0.4, 0.5) is 4.79 Å². The number of hydrogen-bond acceptors (Lipinski definition) is 5. The molecule has 0 aromatic heterocycles. The Bertz CT molecular complexity index is 657. The lowest BCUT2D eigenvalue weighted by molar-refractivity contribution is -0.136. The second-order valence-corrected chi connectivity index (χ2v) is 4.63. The molecule has 106 valence electrons. The number of imide groups is 3. The lowest BCUT2D eigenvalue weighted by Crippen LogP contribution is -2.58. The Morgan fingerprint density at radius 3 is 1.81 bits per heavy atom. The quantitative estimate of drug-likeness (QED) is 0.549. The molecule has 21 heavy (non-hydrogen) atoms. The van der Waals surface area contributed by atoms with Crippen LogP contribution in [-0.2, 0) is 9.59 Å². The van der Waals surface area contributed by atoms with E-state index in [4.69, 9.17) is 0 Å². The largest absolute Gasteiger partial charge is 0.328 e. The van der Waals surface area contributed by atoms with Crippen molar-refractivity contribution < 1.29 is 24.0 Å². The van der Waals surface area contributed by atoms with Gasteiger partial charge in [-0.15, -0.1) is 0 Å². The Kier molecular flexibility index (Phi) is 2.79. The third-order valence-electron chi connectivity index (χ3n) is 3.35. The second-order valence-electron chi connectivity index (χ2n) is 4.63. The van der Waals surface area contributed by atoms with Crippen LogP contribution in [-0.4, -0.2) is 41.1 Å². The SMILES string of the molecule is O=C1NC(=O)C(CN2C(=O)c3ccccc3C2=O)C(=O)N1. The summed E-state index contributed by atoms with van der Waals surface area (Å²) in [5.41, 5.74) is 0.463. The molecule has 8 heteroatoms. The van der Waals surface area contributed by atoms with E-state index in [2.05, 4.69) is 0 Å². The number of rotatable bonds is 2. The maximum Gasteiger partial charge on any atom is 0.328 e. The normalized spacial score (nSPS) is 18.7. The van der Waals surface area contributed by atoms with Gasteiger partial charge in [-0.25, -0.2) is 4.79 Å². The van der Waals surface area contributed by atoms with Gasteiger partial charge in [-0.1, -0.05) is 12.1 Å². The van der Waals surface area contributed by atoms with E-state index in [-0.39, 0.29) is 11.1 Å². The predicted octanol–water partition coefficient (Wildman–Crippen LogP) is -0.735. The van der Waals surface area contributed by atoms with Crippen LogP contribution in [0.25, 0.3) is 0 Å². The minimum Gasteiger partial charge on any atom is -0.277 e. The number of hydrogen-bond donors (Lipinski definition) is 2. The lowest BCUT2D eigenvalue weighted by atomic mass is 10.1. The second kappa shape index (κ2) is 4.51. The number of benzene rings is 1. The van der Waals surface area contributed by atoms with E-state index in [0.717, 1.165) is 4.90 Å². The number of amides is 6. The summed E-state index contributed by atoms with van der Waals surface area (Å²) in [6, 6.07) is 5.32. The average Bonchev–Trinajstić information content (AvgIpc) is 2.67. The van der Waals surface area contributed by atoms with Crippen molar-refractivity contribution >= 4 is 29.7 Å². The first kappa shape index (κ1) is 13.0. The number of carbonyl (C=O) groups excluding carboxylic acids is 5. The fourth-order valence-corrected chi connectivity index (χ4v) is 2.30. The van der Waals surface area contributed by atoms with Gasteiger partial charge in [0.25, 0.3) is 11.8 Å². The van der Waals surface area contributed by atoms with Gasteiger partial charge in [-0.05, 0) is 12.1 Å². The van der Waals surface area contributed by atoms with Gasteiger partial charge in [0.2, 0.25) is 11.8 Å². The molecule has 1 aromatic rings. The molecule has 2 aliphatic rings. The summed E-state index contributed by atoms with van der Waals surface area (Å²) in [6.45, 7) is -0.405. The highest BCUT2D eigenvalue weighted by Crippen LogP contribution is 2.23. The summed E-state index contributed by atoms with van der Waals surface area (Å²) in [7, 11) is 0. The zero-order chi connectivity index (χ0) is 15.1. The molecule has 1 fully saturated rings. The van der Waals surface area contributed by atoms with Gasteiger partial charge < -0.3 is 0 Å². The molecule has 3 rings (SSSR count). The van der Waals surface area contributed by atoms with E-state index in [1.165, 1.54) is 12.1 Å². The third-order valence-corrected chi connectivity index (χ3v) is 3.35. The standard InChI is InChI=1S/C13H9N3O5/c17-9-8(10(18)15-13(21)14-9)5-16-11(19)6-3-1-2-4-7(6)12(16)20/h1-4,8H,5H2,(H2,14,15,17,18,21). The van der Waals surface area contributed by atoms with Crippen LogP contribution in [0.2, 0.25) is 0 Å². The van der Waals surface area contributed by atoms with Crippen molar-refractivity contribution in [2.45, 2.75) is 0 Å². The van der Waals surface area contributed by atoms with Crippen LogP contribution in [0.15, 0.2) is 24.3 Å². The molecule has 2 aliphatic heterocycles. The van der Waals surface area contributed by atoms with Crippen molar-refractivity contribution in [3.8, 4) is 0 Å². The lowest BCUT2D eigenvalue weighted by Gasteiger charge is -2.24. The Morgan fingerprint density at radius 1 is 0.857 bits per heavy atom. The van der Waals surface area contributed by atoms with Gasteiger partial charge in [-0.3, -0.25) is 34.7 Å². The summed E-state index contributed by atoms with van der Waals surface area (Å²) < 4.78 is 0. The van der Waals surface area contributed by atoms with Crippen LogP contribution in [0.1, 0.15) is 20.7 Å². The number of urea groups is 1. The van der Waals surface area contributed by atoms with E-state index < -0.39 is 42.1 Å². The number of barbiturate groups is 1. The Hall–Kier alpha value is -3.03. The highest BCUT2D eigenvalue weighted by atomic mass is 16.2. The van der Waals surface area contributed by atoms with Crippen LogP contribution >= 0.6 is 0 Å². The van der Waals surface area contributed by atoms with Crippen LogP contribution in [0.5, 0.6) is 0 Å². The number of fused-ring (bicyclic) bond motifs is 1. The topological polar surface area (TPSA) is 113 Å². The first-order valence-corrected chi connectivity index (χ1v) is 6.10. The minimum absolute atomic E-state index is 0.232. The van der Waals surface area contributed by atoms with E-state index in [9.17, 15) is 24.0 Å². The monoisotopic (exact) mass is 287 g/mol. The summed E-state index contributed by atoms with van der Waals surface area (Å²) in [5, 5.41) is 3.85. The molecule has 0 atom stereocenters. The molecule has 1 aromatic carbocycles. The van der Waals surface area contributed by atoms with Gasteiger partial charge in [0.05, 0.1) is 11.1 Å². The summed E-state index contributed by atoms with van der Waals surface area (Å²) >= 11 is 0. The molecule has 0 bridgehead atoms. The van der Waals surface area contributed by atoms with E-state index >= 15 is 0 Å². The fraction of sp³-hybridized carbons (Fsp3) is 0.154. The zero-order valence-electron chi connectivity index (χ0n) is 10.6. The Labute approximate surface area is 118 Å². The predicted molar refractivity (Wildman–Crippen MR) is 67.0 cm³/mol. The highest BCUT2D eigenvalue weighted by Gasteiger charge is 2.42. The Balaban J connectivity index is 1.85. The number of carbonyl (C=O) groups is 5. The van der Waals surface area contributed by atoms with Crippen LogP contribution in [0, 0.1) is 5.92 Å². The first-order chi connectivity index (χ1) is 9.99. The van der Waals surface area contributed by atoms with Gasteiger partial charge in [0, 0.05) is 6.54 Å². The van der Waals surface area contributed by atoms with Crippen LogP contribution in [0.3, 0.4) is 0 Å². The molecule has 0 spiro atoms. The van der Waals surface area contributed by atoms with E-state index in [1.807, 2.05) is 10.6 Å². The molecular formula is C13H9N3O5. The molecule has 8 nitrogen and oxygen atoms in total. The zero-order valence-corrected chi connectivity index (χ0v) is 10.6. The fourth-order valence-electron chi connectivity index (χ4n) is 2.30. The molecule has 0 unspecified atom stereocenters. The van der Waals surface area contributed by atoms with Gasteiger partial charge in [0.15, 0.2) is 0 Å². The first-order valence-electron chi connectivity index (χ1n) is 6.10. The van der Waals surface area contributed by atoms with Gasteiger partial charge in [-0.2, -0.15) is 0 Å². The van der Waals surface area contributed by atoms with Crippen molar-refractivity contribution in [3.05, 3.63) is 35.4 Å². The van der Waals surface area contributed by atoms with Crippen molar-refractivity contribution in [1.29, 1.82) is 0 Å². The van der Waals surface area contributed by atoms with E-state index in [1.54, 1.807) is 12.1 Å². The molecule has 2 N–H and O–H groups in total. The van der Waals surface area contributed by atoms with Crippen molar-refractivity contribution in [2.24, 2.45) is 5.92 Å². The number of nitrogens with one attached hydrogen (secondary N) is 2. The molecule has 0 saturated carbocycles. The van der Waals surface area contributed by atoms with E-state index in [0.29, 0.717) is 0 Å². The highest BCUT2D eigenvalue weighted by molar-refractivity contribution is 6.22. The molecule has 2 heterocycles. The summed E-state index contributed by atoms with van der Waals surface area (Å²) in [4.78, 5) is 59.4. The van der Waals surface area contributed by atoms with Gasteiger partial charge in [0.1, 0.15) is 5.92 Å². The van der Waals surface area contributed by atoms with Crippen molar-refractivity contribution in [1.82, 2.24) is 15.5 Å². The molecule has 6 amide bonds. The number of nitrogens with zero attached hydrogens (tertiary/aromatic N) is 1. The van der Waals surface area contributed by atoms with Gasteiger partial charge >= 0.3 is 6.03 Å². The molecule has 1 saturated heterocycles. The maximum atomic E-state index is 12.1. The average molecular weight is 287 g/mol. The third kappa shape index (κ3) is 1.97. The van der Waals surface area contributed by atoms with Crippen LogP contribution < -0.4 is 10.6 Å². The van der Waals surface area contributed by atoms with Crippen molar-refractivity contribution in [2.75, 3.05) is 6.54 Å². The molecule has 0 aliphatic carbocycles. The minimum atomic E-state index is -1.30. The smallest absolute Gasteiger partial charge is 0.277 e. The summed E-state index contributed by atoms with van der Waals surface area (Å²) in [6.07, 6.45) is 0. The summed E-state index contributed by atoms with van der Waals surface area (Å²) in [5.74, 6) is -4.09. The Morgan fingerprint density at radius 2 is 1.33 bits per heavy atom. The molecular weight excluding hydrogens is 278 g/mol. The molecule has 0 radical (unpaired) electrons. The maximum absolute atomic E-state index is 12.1.